The molecule has 1 aromatic rings. The van der Waals surface area contributed by atoms with Gasteiger partial charge >= 0.3 is 0 Å². The Balaban J connectivity index is 3.03. The quantitative estimate of drug-likeness (QED) is 0.775. The highest BCUT2D eigenvalue weighted by Crippen LogP contribution is 2.21. The Morgan fingerprint density at radius 3 is 2.69 bits per heavy atom. The van der Waals surface area contributed by atoms with Gasteiger partial charge in [-0.25, -0.2) is 4.39 Å². The largest absolute Gasteiger partial charge is 0.497 e. The number of nitrogens with one attached hydrogen (secondary N) is 1. The summed E-state index contributed by atoms with van der Waals surface area (Å²) in [6.45, 7) is 1.90. The Hall–Kier alpha value is -1.09. The third-order valence-electron chi connectivity index (χ3n) is 2.10. The molecule has 1 atom stereocenters. The fourth-order valence-electron chi connectivity index (χ4n) is 1.14. The van der Waals surface area contributed by atoms with E-state index in [4.69, 9.17) is 4.74 Å². The molecule has 0 heterocycles. The molecule has 0 aliphatic heterocycles. The lowest BCUT2D eigenvalue weighted by molar-refractivity contribution is 0.411. The van der Waals surface area contributed by atoms with E-state index in [1.54, 1.807) is 26.3 Å². The Morgan fingerprint density at radius 1 is 1.46 bits per heavy atom. The van der Waals surface area contributed by atoms with Crippen molar-refractivity contribution in [1.29, 1.82) is 0 Å². The van der Waals surface area contributed by atoms with E-state index in [2.05, 4.69) is 5.32 Å². The van der Waals surface area contributed by atoms with E-state index >= 15 is 0 Å². The van der Waals surface area contributed by atoms with Crippen molar-refractivity contribution in [1.82, 2.24) is 5.32 Å². The number of halogens is 1. The summed E-state index contributed by atoms with van der Waals surface area (Å²) in [5.41, 5.74) is 0.627. The first-order valence-corrected chi connectivity index (χ1v) is 4.19. The summed E-state index contributed by atoms with van der Waals surface area (Å²) in [7, 11) is 3.37. The minimum atomic E-state index is -0.206. The smallest absolute Gasteiger partial charge is 0.128 e. The highest BCUT2D eigenvalue weighted by atomic mass is 19.1. The molecule has 0 unspecified atom stereocenters. The molecule has 72 valence electrons. The van der Waals surface area contributed by atoms with E-state index in [1.165, 1.54) is 6.07 Å². The fraction of sp³-hybridized carbons (Fsp3) is 0.400. The molecule has 2 nitrogen and oxygen atoms in total. The fourth-order valence-corrected chi connectivity index (χ4v) is 1.14. The van der Waals surface area contributed by atoms with Crippen molar-refractivity contribution in [2.45, 2.75) is 13.0 Å². The summed E-state index contributed by atoms with van der Waals surface area (Å²) in [5.74, 6) is 0.473. The van der Waals surface area contributed by atoms with Crippen LogP contribution in [-0.2, 0) is 0 Å². The molecule has 0 fully saturated rings. The molecule has 13 heavy (non-hydrogen) atoms. The van der Waals surface area contributed by atoms with Crippen molar-refractivity contribution in [2.75, 3.05) is 14.2 Å². The van der Waals surface area contributed by atoms with Gasteiger partial charge in [-0.05, 0) is 32.2 Å². The lowest BCUT2D eigenvalue weighted by Crippen LogP contribution is -2.13. The Labute approximate surface area is 77.7 Å². The van der Waals surface area contributed by atoms with Crippen molar-refractivity contribution < 1.29 is 9.13 Å². The molecule has 0 aliphatic rings. The van der Waals surface area contributed by atoms with Crippen LogP contribution in [0.2, 0.25) is 0 Å². The minimum absolute atomic E-state index is 0.00454. The molecule has 3 heteroatoms. The summed E-state index contributed by atoms with van der Waals surface area (Å²) in [6.07, 6.45) is 0. The highest BCUT2D eigenvalue weighted by Gasteiger charge is 2.09. The maximum Gasteiger partial charge on any atom is 0.128 e. The van der Waals surface area contributed by atoms with Crippen molar-refractivity contribution in [3.8, 4) is 5.75 Å². The summed E-state index contributed by atoms with van der Waals surface area (Å²) >= 11 is 0. The van der Waals surface area contributed by atoms with Crippen LogP contribution in [0.1, 0.15) is 18.5 Å². The standard InChI is InChI=1S/C10H14FNO/c1-7(12-2)9-6-8(13-3)4-5-10(9)11/h4-7,12H,1-3H3/t7-/m1/s1. The Morgan fingerprint density at radius 2 is 2.15 bits per heavy atom. The van der Waals surface area contributed by atoms with Crippen molar-refractivity contribution in [2.24, 2.45) is 0 Å². The van der Waals surface area contributed by atoms with E-state index in [9.17, 15) is 4.39 Å². The minimum Gasteiger partial charge on any atom is -0.497 e. The third-order valence-corrected chi connectivity index (χ3v) is 2.10. The molecule has 1 rings (SSSR count). The molecular weight excluding hydrogens is 169 g/mol. The number of hydrogen-bond acceptors (Lipinski definition) is 2. The highest BCUT2D eigenvalue weighted by molar-refractivity contribution is 5.31. The predicted octanol–water partition coefficient (Wildman–Crippen LogP) is 2.11. The molecule has 0 amide bonds. The van der Waals surface area contributed by atoms with Crippen molar-refractivity contribution in [3.05, 3.63) is 29.6 Å². The van der Waals surface area contributed by atoms with E-state index in [1.807, 2.05) is 6.92 Å². The molecule has 1 aromatic carbocycles. The molecule has 0 aromatic heterocycles. The van der Waals surface area contributed by atoms with Gasteiger partial charge in [-0.15, -0.1) is 0 Å². The van der Waals surface area contributed by atoms with Crippen LogP contribution in [-0.4, -0.2) is 14.2 Å². The summed E-state index contributed by atoms with van der Waals surface area (Å²) in [6, 6.07) is 4.73. The van der Waals surface area contributed by atoms with E-state index in [-0.39, 0.29) is 11.9 Å². The zero-order valence-corrected chi connectivity index (χ0v) is 8.10. The third kappa shape index (κ3) is 2.18. The number of ether oxygens (including phenoxy) is 1. The first kappa shape index (κ1) is 9.99. The number of methoxy groups -OCH3 is 1. The van der Waals surface area contributed by atoms with Crippen LogP contribution in [0, 0.1) is 5.82 Å². The molecule has 1 N–H and O–H groups in total. The molecule has 0 bridgehead atoms. The van der Waals surface area contributed by atoms with E-state index in [0.29, 0.717) is 11.3 Å². The average molecular weight is 183 g/mol. The second-order valence-electron chi connectivity index (χ2n) is 2.90. The second kappa shape index (κ2) is 4.23. The van der Waals surface area contributed by atoms with Gasteiger partial charge in [-0.2, -0.15) is 0 Å². The normalized spacial score (nSPS) is 12.6. The summed E-state index contributed by atoms with van der Waals surface area (Å²) in [4.78, 5) is 0. The molecule has 0 radical (unpaired) electrons. The van der Waals surface area contributed by atoms with Gasteiger partial charge in [0, 0.05) is 11.6 Å². The second-order valence-corrected chi connectivity index (χ2v) is 2.90. The zero-order valence-electron chi connectivity index (χ0n) is 8.10. The van der Waals surface area contributed by atoms with Crippen LogP contribution in [0.5, 0.6) is 5.75 Å². The van der Waals surface area contributed by atoms with Crippen LogP contribution < -0.4 is 10.1 Å². The van der Waals surface area contributed by atoms with Crippen LogP contribution >= 0.6 is 0 Å². The predicted molar refractivity (Wildman–Crippen MR) is 50.4 cm³/mol. The first-order valence-electron chi connectivity index (χ1n) is 4.19. The molecule has 0 saturated heterocycles. The molecule has 0 spiro atoms. The SMILES string of the molecule is CN[C@H](C)c1cc(OC)ccc1F. The molecular formula is C10H14FNO. The maximum absolute atomic E-state index is 13.2. The topological polar surface area (TPSA) is 21.3 Å². The molecule has 0 aliphatic carbocycles. The van der Waals surface area contributed by atoms with Gasteiger partial charge < -0.3 is 10.1 Å². The molecule has 0 saturated carbocycles. The summed E-state index contributed by atoms with van der Waals surface area (Å²) < 4.78 is 18.3. The monoisotopic (exact) mass is 183 g/mol. The Kier molecular flexibility index (Phi) is 3.25. The first-order chi connectivity index (χ1) is 6.19. The van der Waals surface area contributed by atoms with Gasteiger partial charge in [0.1, 0.15) is 11.6 Å². The van der Waals surface area contributed by atoms with Crippen LogP contribution in [0.25, 0.3) is 0 Å². The number of hydrogen-bond donors (Lipinski definition) is 1. The van der Waals surface area contributed by atoms with E-state index in [0.717, 1.165) is 0 Å². The van der Waals surface area contributed by atoms with Gasteiger partial charge in [-0.3, -0.25) is 0 Å². The number of rotatable bonds is 3. The average Bonchev–Trinajstić information content (AvgIpc) is 2.17. The van der Waals surface area contributed by atoms with Gasteiger partial charge in [0.25, 0.3) is 0 Å². The Bertz CT molecular complexity index is 288. The van der Waals surface area contributed by atoms with E-state index < -0.39 is 0 Å². The lowest BCUT2D eigenvalue weighted by Gasteiger charge is -2.12. The maximum atomic E-state index is 13.2. The van der Waals surface area contributed by atoms with Crippen LogP contribution in [0.15, 0.2) is 18.2 Å². The van der Waals surface area contributed by atoms with Gasteiger partial charge in [0.05, 0.1) is 7.11 Å². The van der Waals surface area contributed by atoms with Crippen LogP contribution in [0.3, 0.4) is 0 Å². The lowest BCUT2D eigenvalue weighted by atomic mass is 10.1. The van der Waals surface area contributed by atoms with Gasteiger partial charge in [-0.1, -0.05) is 0 Å². The van der Waals surface area contributed by atoms with Crippen LogP contribution in [0.4, 0.5) is 4.39 Å². The zero-order chi connectivity index (χ0) is 9.84. The van der Waals surface area contributed by atoms with Crippen molar-refractivity contribution in [3.63, 3.8) is 0 Å². The van der Waals surface area contributed by atoms with Gasteiger partial charge in [0.2, 0.25) is 0 Å². The van der Waals surface area contributed by atoms with Crippen molar-refractivity contribution >= 4 is 0 Å². The van der Waals surface area contributed by atoms with Gasteiger partial charge in [0.15, 0.2) is 0 Å². The number of benzene rings is 1. The summed E-state index contributed by atoms with van der Waals surface area (Å²) in [5, 5.41) is 2.98.